The maximum atomic E-state index is 12.1. The van der Waals surface area contributed by atoms with Crippen LogP contribution in [-0.4, -0.2) is 24.9 Å². The third-order valence-electron chi connectivity index (χ3n) is 2.94. The summed E-state index contributed by atoms with van der Waals surface area (Å²) in [6.07, 6.45) is 0. The highest BCUT2D eigenvalue weighted by molar-refractivity contribution is 6.30. The van der Waals surface area contributed by atoms with Gasteiger partial charge in [0.2, 0.25) is 0 Å². The third kappa shape index (κ3) is 3.52. The molecule has 3 nitrogen and oxygen atoms in total. The minimum absolute atomic E-state index is 0.0146. The second-order valence-electron chi connectivity index (χ2n) is 4.73. The van der Waals surface area contributed by atoms with Crippen molar-refractivity contribution >= 4 is 23.2 Å². The topological polar surface area (TPSA) is 32.3 Å². The summed E-state index contributed by atoms with van der Waals surface area (Å²) in [6, 6.07) is 15.2. The molecule has 0 aromatic heterocycles. The van der Waals surface area contributed by atoms with Crippen molar-refractivity contribution in [1.82, 2.24) is 4.90 Å². The van der Waals surface area contributed by atoms with Gasteiger partial charge in [0.15, 0.2) is 0 Å². The van der Waals surface area contributed by atoms with E-state index in [0.29, 0.717) is 17.1 Å². The minimum Gasteiger partial charge on any atom is -0.380 e. The number of rotatable bonds is 4. The van der Waals surface area contributed by atoms with Crippen LogP contribution in [0, 0.1) is 0 Å². The molecular weight excluding hydrogens is 272 g/mol. The van der Waals surface area contributed by atoms with Crippen molar-refractivity contribution < 1.29 is 4.79 Å². The average molecular weight is 289 g/mol. The molecule has 0 radical (unpaired) electrons. The number of halogens is 1. The summed E-state index contributed by atoms with van der Waals surface area (Å²) in [6.45, 7) is 0.623. The first-order valence-electron chi connectivity index (χ1n) is 6.37. The lowest BCUT2D eigenvalue weighted by Gasteiger charge is -2.15. The summed E-state index contributed by atoms with van der Waals surface area (Å²) in [5.74, 6) is -0.0146. The van der Waals surface area contributed by atoms with Gasteiger partial charge in [-0.3, -0.25) is 4.79 Å². The molecular formula is C16H17ClN2O. The SMILES string of the molecule is CN(C)C(=O)c1ccccc1NCc1cccc(Cl)c1. The van der Waals surface area contributed by atoms with Gasteiger partial charge in [0.25, 0.3) is 5.91 Å². The van der Waals surface area contributed by atoms with Gasteiger partial charge in [-0.2, -0.15) is 0 Å². The summed E-state index contributed by atoms with van der Waals surface area (Å²) in [5.41, 5.74) is 2.57. The summed E-state index contributed by atoms with van der Waals surface area (Å²) in [7, 11) is 3.49. The average Bonchev–Trinajstić information content (AvgIpc) is 2.44. The maximum absolute atomic E-state index is 12.1. The van der Waals surface area contributed by atoms with E-state index in [2.05, 4.69) is 5.32 Å². The van der Waals surface area contributed by atoms with E-state index in [1.165, 1.54) is 0 Å². The van der Waals surface area contributed by atoms with Crippen LogP contribution in [0.4, 0.5) is 5.69 Å². The number of nitrogens with zero attached hydrogens (tertiary/aromatic N) is 1. The number of para-hydroxylation sites is 1. The molecule has 2 rings (SSSR count). The summed E-state index contributed by atoms with van der Waals surface area (Å²) < 4.78 is 0. The Labute approximate surface area is 124 Å². The lowest BCUT2D eigenvalue weighted by atomic mass is 10.1. The predicted molar refractivity (Wildman–Crippen MR) is 83.2 cm³/mol. The second-order valence-corrected chi connectivity index (χ2v) is 5.17. The van der Waals surface area contributed by atoms with Crippen molar-refractivity contribution in [2.75, 3.05) is 19.4 Å². The van der Waals surface area contributed by atoms with E-state index in [1.807, 2.05) is 48.5 Å². The van der Waals surface area contributed by atoms with Crippen molar-refractivity contribution in [3.05, 3.63) is 64.7 Å². The normalized spacial score (nSPS) is 10.2. The molecule has 0 saturated carbocycles. The quantitative estimate of drug-likeness (QED) is 0.931. The molecule has 0 bridgehead atoms. The highest BCUT2D eigenvalue weighted by atomic mass is 35.5. The van der Waals surface area contributed by atoms with Crippen LogP contribution >= 0.6 is 11.6 Å². The number of hydrogen-bond donors (Lipinski definition) is 1. The molecule has 2 aromatic carbocycles. The molecule has 0 aliphatic rings. The molecule has 2 aromatic rings. The first kappa shape index (κ1) is 14.4. The van der Waals surface area contributed by atoms with E-state index in [1.54, 1.807) is 19.0 Å². The minimum atomic E-state index is -0.0146. The van der Waals surface area contributed by atoms with E-state index < -0.39 is 0 Å². The van der Waals surface area contributed by atoms with Crippen molar-refractivity contribution in [3.8, 4) is 0 Å². The summed E-state index contributed by atoms with van der Waals surface area (Å²) >= 11 is 5.96. The number of carbonyl (C=O) groups excluding carboxylic acids is 1. The van der Waals surface area contributed by atoms with Crippen LogP contribution < -0.4 is 5.32 Å². The van der Waals surface area contributed by atoms with Gasteiger partial charge in [-0.25, -0.2) is 0 Å². The van der Waals surface area contributed by atoms with Crippen LogP contribution in [-0.2, 0) is 6.54 Å². The highest BCUT2D eigenvalue weighted by Gasteiger charge is 2.12. The van der Waals surface area contributed by atoms with E-state index in [0.717, 1.165) is 11.3 Å². The third-order valence-corrected chi connectivity index (χ3v) is 3.17. The van der Waals surface area contributed by atoms with Crippen molar-refractivity contribution in [2.24, 2.45) is 0 Å². The smallest absolute Gasteiger partial charge is 0.255 e. The Morgan fingerprint density at radius 1 is 1.15 bits per heavy atom. The fraction of sp³-hybridized carbons (Fsp3) is 0.188. The van der Waals surface area contributed by atoms with E-state index >= 15 is 0 Å². The van der Waals surface area contributed by atoms with Crippen LogP contribution in [0.1, 0.15) is 15.9 Å². The molecule has 104 valence electrons. The molecule has 0 unspecified atom stereocenters. The number of anilines is 1. The molecule has 0 spiro atoms. The van der Waals surface area contributed by atoms with Crippen LogP contribution in [0.5, 0.6) is 0 Å². The van der Waals surface area contributed by atoms with E-state index in [9.17, 15) is 4.79 Å². The predicted octanol–water partition coefficient (Wildman–Crippen LogP) is 3.65. The first-order chi connectivity index (χ1) is 9.58. The molecule has 0 heterocycles. The van der Waals surface area contributed by atoms with Crippen molar-refractivity contribution in [3.63, 3.8) is 0 Å². The number of benzene rings is 2. The summed E-state index contributed by atoms with van der Waals surface area (Å²) in [5, 5.41) is 4.00. The molecule has 20 heavy (non-hydrogen) atoms. The van der Waals surface area contributed by atoms with Gasteiger partial charge >= 0.3 is 0 Å². The lowest BCUT2D eigenvalue weighted by Crippen LogP contribution is -2.22. The molecule has 0 saturated heterocycles. The van der Waals surface area contributed by atoms with Gasteiger partial charge in [0, 0.05) is 31.4 Å². The lowest BCUT2D eigenvalue weighted by molar-refractivity contribution is 0.0828. The molecule has 1 amide bonds. The van der Waals surface area contributed by atoms with Gasteiger partial charge in [-0.05, 0) is 29.8 Å². The van der Waals surface area contributed by atoms with Crippen LogP contribution in [0.25, 0.3) is 0 Å². The second kappa shape index (κ2) is 6.44. The Bertz CT molecular complexity index is 611. The van der Waals surface area contributed by atoms with E-state index in [4.69, 9.17) is 11.6 Å². The van der Waals surface area contributed by atoms with Gasteiger partial charge in [0.05, 0.1) is 5.56 Å². The summed E-state index contributed by atoms with van der Waals surface area (Å²) in [4.78, 5) is 13.7. The fourth-order valence-corrected chi connectivity index (χ4v) is 2.12. The van der Waals surface area contributed by atoms with Crippen LogP contribution in [0.15, 0.2) is 48.5 Å². The van der Waals surface area contributed by atoms with Crippen molar-refractivity contribution in [2.45, 2.75) is 6.54 Å². The van der Waals surface area contributed by atoms with Gasteiger partial charge in [-0.1, -0.05) is 35.9 Å². The fourth-order valence-electron chi connectivity index (χ4n) is 1.91. The number of amides is 1. The maximum Gasteiger partial charge on any atom is 0.255 e. The Hall–Kier alpha value is -2.00. The standard InChI is InChI=1S/C16H17ClN2O/c1-19(2)16(20)14-8-3-4-9-15(14)18-11-12-6-5-7-13(17)10-12/h3-10,18H,11H2,1-2H3. The largest absolute Gasteiger partial charge is 0.380 e. The molecule has 0 aliphatic carbocycles. The van der Waals surface area contributed by atoms with Crippen LogP contribution in [0.3, 0.4) is 0 Å². The van der Waals surface area contributed by atoms with Gasteiger partial charge in [-0.15, -0.1) is 0 Å². The van der Waals surface area contributed by atoms with Crippen molar-refractivity contribution in [1.29, 1.82) is 0 Å². The Morgan fingerprint density at radius 2 is 1.90 bits per heavy atom. The number of nitrogens with one attached hydrogen (secondary N) is 1. The molecule has 4 heteroatoms. The van der Waals surface area contributed by atoms with Gasteiger partial charge < -0.3 is 10.2 Å². The number of hydrogen-bond acceptors (Lipinski definition) is 2. The van der Waals surface area contributed by atoms with Gasteiger partial charge in [0.1, 0.15) is 0 Å². The highest BCUT2D eigenvalue weighted by Crippen LogP contribution is 2.18. The zero-order chi connectivity index (χ0) is 14.5. The Balaban J connectivity index is 2.16. The Kier molecular flexibility index (Phi) is 4.64. The first-order valence-corrected chi connectivity index (χ1v) is 6.74. The number of carbonyl (C=O) groups is 1. The molecule has 1 N–H and O–H groups in total. The zero-order valence-electron chi connectivity index (χ0n) is 11.6. The zero-order valence-corrected chi connectivity index (χ0v) is 12.3. The Morgan fingerprint density at radius 3 is 2.60 bits per heavy atom. The molecule has 0 fully saturated rings. The molecule has 0 aliphatic heterocycles. The van der Waals surface area contributed by atoms with Crippen LogP contribution in [0.2, 0.25) is 5.02 Å². The monoisotopic (exact) mass is 288 g/mol. The van der Waals surface area contributed by atoms with E-state index in [-0.39, 0.29) is 5.91 Å². The molecule has 0 atom stereocenters.